The van der Waals surface area contributed by atoms with Gasteiger partial charge in [0.15, 0.2) is 0 Å². The molecule has 1 aliphatic rings. The summed E-state index contributed by atoms with van der Waals surface area (Å²) in [5, 5.41) is 20.2. The molecule has 2 amide bonds. The lowest BCUT2D eigenvalue weighted by Gasteiger charge is -2.47. The van der Waals surface area contributed by atoms with E-state index in [1.54, 1.807) is 48.5 Å². The molecule has 10 nitrogen and oxygen atoms in total. The summed E-state index contributed by atoms with van der Waals surface area (Å²) < 4.78 is 38.0. The number of hydrogen-bond acceptors (Lipinski definition) is 6. The van der Waals surface area contributed by atoms with E-state index >= 15 is 0 Å². The average molecular weight is 659 g/mol. The Morgan fingerprint density at radius 2 is 0.917 bits per heavy atom. The summed E-state index contributed by atoms with van der Waals surface area (Å²) >= 11 is 0. The summed E-state index contributed by atoms with van der Waals surface area (Å²) in [6.07, 6.45) is 0. The Hall–Kier alpha value is -5.78. The maximum Gasteiger partial charge on any atom is 0.308 e. The molecule has 1 aliphatic carbocycles. The van der Waals surface area contributed by atoms with Crippen molar-refractivity contribution in [3.05, 3.63) is 120 Å². The van der Waals surface area contributed by atoms with Crippen molar-refractivity contribution in [3.63, 3.8) is 0 Å². The molecule has 0 bridgehead atoms. The second-order valence-corrected chi connectivity index (χ2v) is 11.6. The molecule has 0 aliphatic heterocycles. The molecule has 0 heterocycles. The number of halogens is 2. The topological polar surface area (TPSA) is 134 Å². The number of benzene rings is 4. The third-order valence-electron chi connectivity index (χ3n) is 8.18. The first-order valence-electron chi connectivity index (χ1n) is 14.9. The first-order valence-corrected chi connectivity index (χ1v) is 14.9. The molecule has 4 aromatic rings. The zero-order valence-electron chi connectivity index (χ0n) is 26.0. The van der Waals surface area contributed by atoms with Gasteiger partial charge in [0.2, 0.25) is 11.8 Å². The Bertz CT molecular complexity index is 1670. The quantitative estimate of drug-likeness (QED) is 0.195. The average Bonchev–Trinajstić information content (AvgIpc) is 3.02. The number of carboxylic acid groups (broad SMARTS) is 2. The summed E-state index contributed by atoms with van der Waals surface area (Å²) in [4.78, 5) is 54.4. The molecular formula is C36H32F2N2O8. The fourth-order valence-corrected chi connectivity index (χ4v) is 5.88. The molecular weight excluding hydrogens is 626 g/mol. The van der Waals surface area contributed by atoms with Gasteiger partial charge in [0.25, 0.3) is 0 Å². The highest BCUT2D eigenvalue weighted by molar-refractivity contribution is 5.99. The van der Waals surface area contributed by atoms with Gasteiger partial charge in [0, 0.05) is 27.2 Å². The van der Waals surface area contributed by atoms with Gasteiger partial charge in [0.05, 0.1) is 23.7 Å². The van der Waals surface area contributed by atoms with Gasteiger partial charge < -0.3 is 29.5 Å². The molecule has 48 heavy (non-hydrogen) atoms. The highest BCUT2D eigenvalue weighted by Gasteiger charge is 2.64. The Balaban J connectivity index is 1.26. The Kier molecular flexibility index (Phi) is 10.0. The van der Waals surface area contributed by atoms with E-state index in [9.17, 15) is 38.2 Å². The number of carboxylic acids is 2. The van der Waals surface area contributed by atoms with Crippen LogP contribution in [0.25, 0.3) is 0 Å². The fraction of sp³-hybridized carbons (Fsp3) is 0.222. The highest BCUT2D eigenvalue weighted by Crippen LogP contribution is 2.48. The number of nitrogens with zero attached hydrogens (tertiary/aromatic N) is 2. The molecule has 1 fully saturated rings. The van der Waals surface area contributed by atoms with E-state index in [0.29, 0.717) is 34.1 Å². The highest BCUT2D eigenvalue weighted by atomic mass is 19.1. The van der Waals surface area contributed by atoms with Gasteiger partial charge in [-0.1, -0.05) is 24.3 Å². The third-order valence-corrected chi connectivity index (χ3v) is 8.18. The van der Waals surface area contributed by atoms with E-state index in [1.807, 2.05) is 0 Å². The van der Waals surface area contributed by atoms with Gasteiger partial charge in [-0.3, -0.25) is 19.2 Å². The van der Waals surface area contributed by atoms with E-state index in [4.69, 9.17) is 9.47 Å². The van der Waals surface area contributed by atoms with Gasteiger partial charge in [-0.2, -0.15) is 0 Å². The van der Waals surface area contributed by atoms with Gasteiger partial charge in [-0.05, 0) is 83.9 Å². The predicted molar refractivity (Wildman–Crippen MR) is 168 cm³/mol. The second kappa shape index (κ2) is 14.3. The number of rotatable bonds is 12. The summed E-state index contributed by atoms with van der Waals surface area (Å²) in [5.74, 6) is -9.62. The van der Waals surface area contributed by atoms with Gasteiger partial charge in [-0.15, -0.1) is 0 Å². The number of aliphatic carboxylic acids is 2. The number of amides is 2. The van der Waals surface area contributed by atoms with E-state index in [0.717, 1.165) is 0 Å². The molecule has 0 atom stereocenters. The number of ether oxygens (including phenoxy) is 2. The molecule has 1 saturated carbocycles. The van der Waals surface area contributed by atoms with Crippen LogP contribution >= 0.6 is 0 Å². The minimum Gasteiger partial charge on any atom is -0.481 e. The molecule has 0 unspecified atom stereocenters. The van der Waals surface area contributed by atoms with Crippen LogP contribution in [0.15, 0.2) is 97.1 Å². The SMILES string of the molecule is CN(Cc1cccc(Oc2ccc(F)cc2)c1)C(=O)C1C(C(=O)O)C(C(=O)N(C)Cc2cccc(Oc3ccc(F)cc3)c2)C1C(=O)O. The van der Waals surface area contributed by atoms with Crippen molar-refractivity contribution in [2.24, 2.45) is 23.7 Å². The van der Waals surface area contributed by atoms with Crippen LogP contribution in [-0.2, 0) is 32.3 Å². The van der Waals surface area contributed by atoms with Crippen molar-refractivity contribution in [2.45, 2.75) is 13.1 Å². The van der Waals surface area contributed by atoms with Gasteiger partial charge in [-0.25, -0.2) is 8.78 Å². The largest absolute Gasteiger partial charge is 0.481 e. The van der Waals surface area contributed by atoms with Gasteiger partial charge in [0.1, 0.15) is 34.6 Å². The van der Waals surface area contributed by atoms with Crippen LogP contribution in [0.2, 0.25) is 0 Å². The number of carbonyl (C=O) groups excluding carboxylic acids is 2. The molecule has 2 N–H and O–H groups in total. The normalized spacial score (nSPS) is 18.2. The molecule has 0 radical (unpaired) electrons. The molecule has 5 rings (SSSR count). The Labute approximate surface area is 274 Å². The Morgan fingerprint density at radius 3 is 1.25 bits per heavy atom. The molecule has 248 valence electrons. The minimum absolute atomic E-state index is 0.00345. The molecule has 0 spiro atoms. The molecule has 0 aromatic heterocycles. The van der Waals surface area contributed by atoms with Crippen LogP contribution in [0.1, 0.15) is 11.1 Å². The fourth-order valence-electron chi connectivity index (χ4n) is 5.88. The molecule has 12 heteroatoms. The molecule has 0 saturated heterocycles. The van der Waals surface area contributed by atoms with Crippen molar-refractivity contribution in [2.75, 3.05) is 14.1 Å². The zero-order chi connectivity index (χ0) is 34.5. The van der Waals surface area contributed by atoms with E-state index in [-0.39, 0.29) is 13.1 Å². The standard InChI is InChI=1S/C36H32F2N2O8/c1-39(19-21-5-3-7-27(17-21)47-25-13-9-23(37)10-14-25)33(41)29-31(35(43)44)30(32(29)36(45)46)34(42)40(2)20-22-6-4-8-28(18-22)48-26-15-11-24(38)12-16-26/h3-18,29-32H,19-20H2,1-2H3,(H,43,44)(H,45,46). The van der Waals surface area contributed by atoms with Gasteiger partial charge >= 0.3 is 11.9 Å². The number of hydrogen-bond donors (Lipinski definition) is 2. The van der Waals surface area contributed by atoms with Crippen molar-refractivity contribution in [1.29, 1.82) is 0 Å². The first kappa shape index (κ1) is 33.6. The van der Waals surface area contributed by atoms with E-state index < -0.39 is 59.1 Å². The lowest BCUT2D eigenvalue weighted by atomic mass is 9.55. The molecule has 4 aromatic carbocycles. The van der Waals surface area contributed by atoms with Crippen molar-refractivity contribution in [1.82, 2.24) is 9.80 Å². The minimum atomic E-state index is -1.56. The van der Waals surface area contributed by atoms with Crippen LogP contribution in [0.4, 0.5) is 8.78 Å². The predicted octanol–water partition coefficient (Wildman–Crippen LogP) is 5.81. The van der Waals surface area contributed by atoms with E-state index in [1.165, 1.54) is 72.4 Å². The van der Waals surface area contributed by atoms with Crippen LogP contribution in [0, 0.1) is 35.3 Å². The first-order chi connectivity index (χ1) is 22.9. The summed E-state index contributed by atoms with van der Waals surface area (Å²) in [6, 6.07) is 24.3. The van der Waals surface area contributed by atoms with Crippen LogP contribution < -0.4 is 9.47 Å². The van der Waals surface area contributed by atoms with Crippen molar-refractivity contribution >= 4 is 23.8 Å². The van der Waals surface area contributed by atoms with E-state index in [2.05, 4.69) is 0 Å². The van der Waals surface area contributed by atoms with Crippen molar-refractivity contribution < 1.29 is 47.6 Å². The smallest absolute Gasteiger partial charge is 0.308 e. The summed E-state index contributed by atoms with van der Waals surface area (Å²) in [5.41, 5.74) is 1.23. The maximum absolute atomic E-state index is 13.6. The van der Waals surface area contributed by atoms with Crippen LogP contribution in [-0.4, -0.2) is 57.9 Å². The third kappa shape index (κ3) is 7.60. The monoisotopic (exact) mass is 658 g/mol. The summed E-state index contributed by atoms with van der Waals surface area (Å²) in [7, 11) is 2.85. The van der Waals surface area contributed by atoms with Crippen LogP contribution in [0.5, 0.6) is 23.0 Å². The maximum atomic E-state index is 13.6. The van der Waals surface area contributed by atoms with Crippen molar-refractivity contribution in [3.8, 4) is 23.0 Å². The zero-order valence-corrected chi connectivity index (χ0v) is 26.0. The number of carbonyl (C=O) groups is 4. The Morgan fingerprint density at radius 1 is 0.562 bits per heavy atom. The lowest BCUT2D eigenvalue weighted by molar-refractivity contribution is -0.186. The second-order valence-electron chi connectivity index (χ2n) is 11.6. The lowest BCUT2D eigenvalue weighted by Crippen LogP contribution is -2.63. The summed E-state index contributed by atoms with van der Waals surface area (Å²) in [6.45, 7) is 0.00690. The van der Waals surface area contributed by atoms with Crippen LogP contribution in [0.3, 0.4) is 0 Å².